The smallest absolute Gasteiger partial charge is 0.259 e. The number of aryl methyl sites for hydroxylation is 1. The molecule has 2 heterocycles. The Balaban J connectivity index is 1.90. The van der Waals surface area contributed by atoms with Crippen LogP contribution in [0.15, 0.2) is 30.3 Å². The first-order valence-corrected chi connectivity index (χ1v) is 9.26. The molecule has 2 aromatic rings. The Bertz CT molecular complexity index is 803. The zero-order valence-electron chi connectivity index (χ0n) is 15.0. The standard InChI is InChI=1S/C19H23ClN4O2/c1-3-15-18(25)21-10-7-11-23(15)19(26)16-13(2)22-24(17(16)20)12-14-8-5-4-6-9-14/h4-6,8-9,15H,3,7,10-12H2,1-2H3,(H,21,25)/t15-/m1/s1. The van der Waals surface area contributed by atoms with Crippen molar-refractivity contribution in [3.8, 4) is 0 Å². The van der Waals surface area contributed by atoms with Crippen LogP contribution in [0.5, 0.6) is 0 Å². The molecule has 1 aliphatic heterocycles. The van der Waals surface area contributed by atoms with Gasteiger partial charge in [0.2, 0.25) is 5.91 Å². The summed E-state index contributed by atoms with van der Waals surface area (Å²) < 4.78 is 1.64. The van der Waals surface area contributed by atoms with Gasteiger partial charge in [0.15, 0.2) is 0 Å². The predicted molar refractivity (Wildman–Crippen MR) is 100 cm³/mol. The minimum absolute atomic E-state index is 0.108. The first-order chi connectivity index (χ1) is 12.5. The van der Waals surface area contributed by atoms with Crippen molar-refractivity contribution in [3.05, 3.63) is 52.3 Å². The van der Waals surface area contributed by atoms with Gasteiger partial charge in [-0.2, -0.15) is 5.10 Å². The molecule has 1 aromatic heterocycles. The Morgan fingerprint density at radius 2 is 2.08 bits per heavy atom. The van der Waals surface area contributed by atoms with Gasteiger partial charge in [-0.1, -0.05) is 48.9 Å². The van der Waals surface area contributed by atoms with Crippen LogP contribution in [0.25, 0.3) is 0 Å². The monoisotopic (exact) mass is 374 g/mol. The Morgan fingerprint density at radius 1 is 1.35 bits per heavy atom. The molecule has 0 spiro atoms. The molecule has 2 amide bonds. The highest BCUT2D eigenvalue weighted by atomic mass is 35.5. The van der Waals surface area contributed by atoms with E-state index in [0.29, 0.717) is 42.5 Å². The van der Waals surface area contributed by atoms with Crippen LogP contribution in [-0.2, 0) is 11.3 Å². The van der Waals surface area contributed by atoms with Gasteiger partial charge in [-0.05, 0) is 25.3 Å². The number of halogens is 1. The lowest BCUT2D eigenvalue weighted by molar-refractivity contribution is -0.124. The van der Waals surface area contributed by atoms with E-state index in [2.05, 4.69) is 10.4 Å². The van der Waals surface area contributed by atoms with E-state index in [0.717, 1.165) is 12.0 Å². The highest BCUT2D eigenvalue weighted by Crippen LogP contribution is 2.24. The van der Waals surface area contributed by atoms with Gasteiger partial charge in [-0.25, -0.2) is 4.68 Å². The SMILES string of the molecule is CC[C@@H]1C(=O)NCCCN1C(=O)c1c(C)nn(Cc2ccccc2)c1Cl. The van der Waals surface area contributed by atoms with Crippen molar-refractivity contribution in [1.29, 1.82) is 0 Å². The second-order valence-corrected chi connectivity index (χ2v) is 6.82. The molecule has 6 nitrogen and oxygen atoms in total. The van der Waals surface area contributed by atoms with E-state index < -0.39 is 6.04 Å². The molecule has 0 bridgehead atoms. The van der Waals surface area contributed by atoms with Gasteiger partial charge in [0, 0.05) is 13.1 Å². The summed E-state index contributed by atoms with van der Waals surface area (Å²) in [7, 11) is 0. The molecule has 138 valence electrons. The highest BCUT2D eigenvalue weighted by molar-refractivity contribution is 6.33. The fourth-order valence-electron chi connectivity index (χ4n) is 3.33. The molecule has 1 atom stereocenters. The summed E-state index contributed by atoms with van der Waals surface area (Å²) in [6.07, 6.45) is 1.29. The summed E-state index contributed by atoms with van der Waals surface area (Å²) in [5, 5.41) is 7.63. The predicted octanol–water partition coefficient (Wildman–Crippen LogP) is 2.63. The topological polar surface area (TPSA) is 67.2 Å². The third-order valence-corrected chi connectivity index (χ3v) is 5.04. The first-order valence-electron chi connectivity index (χ1n) is 8.88. The maximum absolute atomic E-state index is 13.2. The van der Waals surface area contributed by atoms with Crippen LogP contribution in [0.3, 0.4) is 0 Å². The molecular formula is C19H23ClN4O2. The van der Waals surface area contributed by atoms with E-state index in [-0.39, 0.29) is 11.8 Å². The number of carbonyl (C=O) groups is 2. The van der Waals surface area contributed by atoms with Crippen molar-refractivity contribution in [1.82, 2.24) is 20.0 Å². The summed E-state index contributed by atoms with van der Waals surface area (Å²) >= 11 is 6.51. The number of hydrogen-bond donors (Lipinski definition) is 1. The summed E-state index contributed by atoms with van der Waals surface area (Å²) in [5.74, 6) is -0.334. The van der Waals surface area contributed by atoms with Crippen molar-refractivity contribution in [3.63, 3.8) is 0 Å². The van der Waals surface area contributed by atoms with Crippen LogP contribution >= 0.6 is 11.6 Å². The molecule has 0 saturated carbocycles. The van der Waals surface area contributed by atoms with Crippen LogP contribution in [0.2, 0.25) is 5.15 Å². The third-order valence-electron chi connectivity index (χ3n) is 4.66. The Kier molecular flexibility index (Phi) is 5.61. The van der Waals surface area contributed by atoms with Crippen molar-refractivity contribution >= 4 is 23.4 Å². The summed E-state index contributed by atoms with van der Waals surface area (Å²) in [5.41, 5.74) is 2.02. The largest absolute Gasteiger partial charge is 0.354 e. The van der Waals surface area contributed by atoms with Crippen molar-refractivity contribution in [2.75, 3.05) is 13.1 Å². The summed E-state index contributed by atoms with van der Waals surface area (Å²) in [6, 6.07) is 9.35. The van der Waals surface area contributed by atoms with E-state index >= 15 is 0 Å². The molecule has 0 unspecified atom stereocenters. The van der Waals surface area contributed by atoms with Gasteiger partial charge in [0.05, 0.1) is 17.8 Å². The van der Waals surface area contributed by atoms with Crippen LogP contribution < -0.4 is 5.32 Å². The van der Waals surface area contributed by atoms with Gasteiger partial charge in [0.1, 0.15) is 11.2 Å². The fourth-order valence-corrected chi connectivity index (χ4v) is 3.64. The van der Waals surface area contributed by atoms with Crippen molar-refractivity contribution < 1.29 is 9.59 Å². The highest BCUT2D eigenvalue weighted by Gasteiger charge is 2.33. The Morgan fingerprint density at radius 3 is 2.77 bits per heavy atom. The minimum atomic E-state index is -0.474. The third kappa shape index (κ3) is 3.60. The number of aromatic nitrogens is 2. The number of nitrogens with zero attached hydrogens (tertiary/aromatic N) is 3. The molecular weight excluding hydrogens is 352 g/mol. The number of rotatable bonds is 4. The molecule has 1 aromatic carbocycles. The van der Waals surface area contributed by atoms with E-state index in [1.807, 2.05) is 37.3 Å². The molecule has 1 N–H and O–H groups in total. The van der Waals surface area contributed by atoms with Gasteiger partial charge in [0.25, 0.3) is 5.91 Å². The molecule has 0 aliphatic carbocycles. The fraction of sp³-hybridized carbons (Fsp3) is 0.421. The van der Waals surface area contributed by atoms with Gasteiger partial charge in [-0.3, -0.25) is 9.59 Å². The minimum Gasteiger partial charge on any atom is -0.354 e. The van der Waals surface area contributed by atoms with E-state index in [1.54, 1.807) is 16.5 Å². The molecule has 1 fully saturated rings. The average molecular weight is 375 g/mol. The van der Waals surface area contributed by atoms with Gasteiger partial charge >= 0.3 is 0 Å². The molecule has 0 radical (unpaired) electrons. The van der Waals surface area contributed by atoms with Crippen LogP contribution in [0.4, 0.5) is 0 Å². The van der Waals surface area contributed by atoms with Gasteiger partial charge < -0.3 is 10.2 Å². The molecule has 7 heteroatoms. The molecule has 26 heavy (non-hydrogen) atoms. The van der Waals surface area contributed by atoms with Gasteiger partial charge in [-0.15, -0.1) is 0 Å². The van der Waals surface area contributed by atoms with Crippen LogP contribution in [-0.4, -0.2) is 45.6 Å². The lowest BCUT2D eigenvalue weighted by Gasteiger charge is -2.27. The van der Waals surface area contributed by atoms with Crippen molar-refractivity contribution in [2.24, 2.45) is 0 Å². The number of amides is 2. The summed E-state index contributed by atoms with van der Waals surface area (Å²) in [4.78, 5) is 27.1. The first kappa shape index (κ1) is 18.5. The molecule has 1 saturated heterocycles. The van der Waals surface area contributed by atoms with Crippen LogP contribution in [0.1, 0.15) is 41.4 Å². The lowest BCUT2D eigenvalue weighted by Crippen LogP contribution is -2.47. The second kappa shape index (κ2) is 7.91. The Hall–Kier alpha value is -2.34. The number of hydrogen-bond acceptors (Lipinski definition) is 3. The zero-order valence-corrected chi connectivity index (χ0v) is 15.8. The van der Waals surface area contributed by atoms with E-state index in [9.17, 15) is 9.59 Å². The van der Waals surface area contributed by atoms with Crippen LogP contribution in [0, 0.1) is 6.92 Å². The van der Waals surface area contributed by atoms with E-state index in [4.69, 9.17) is 11.6 Å². The quantitative estimate of drug-likeness (QED) is 0.894. The second-order valence-electron chi connectivity index (χ2n) is 6.46. The van der Waals surface area contributed by atoms with E-state index in [1.165, 1.54) is 0 Å². The average Bonchev–Trinajstić information content (AvgIpc) is 2.80. The zero-order chi connectivity index (χ0) is 18.7. The Labute approximate surface area is 158 Å². The molecule has 3 rings (SSSR count). The maximum atomic E-state index is 13.2. The normalized spacial score (nSPS) is 17.7. The molecule has 1 aliphatic rings. The number of nitrogens with one attached hydrogen (secondary N) is 1. The summed E-state index contributed by atoms with van der Waals surface area (Å²) in [6.45, 7) is 5.28. The number of carbonyl (C=O) groups excluding carboxylic acids is 2. The maximum Gasteiger partial charge on any atom is 0.259 e. The number of benzene rings is 1. The lowest BCUT2D eigenvalue weighted by atomic mass is 10.1. The van der Waals surface area contributed by atoms with Crippen molar-refractivity contribution in [2.45, 2.75) is 39.3 Å².